The smallest absolute Gasteiger partial charge is 0.408 e. The molecule has 0 saturated heterocycles. The molecule has 8 heteroatoms. The normalized spacial score (nSPS) is 11.9. The van der Waals surface area contributed by atoms with Gasteiger partial charge < -0.3 is 20.1 Å². The molecule has 2 aromatic rings. The average molecular weight is 491 g/mol. The molecule has 166 valence electrons. The number of amides is 2. The van der Waals surface area contributed by atoms with E-state index in [1.165, 1.54) is 0 Å². The van der Waals surface area contributed by atoms with Gasteiger partial charge in [-0.3, -0.25) is 9.59 Å². The maximum absolute atomic E-state index is 12.8. The van der Waals surface area contributed by atoms with Gasteiger partial charge in [-0.2, -0.15) is 0 Å². The lowest BCUT2D eigenvalue weighted by Crippen LogP contribution is -2.47. The van der Waals surface area contributed by atoms with E-state index in [9.17, 15) is 14.4 Å². The topological polar surface area (TPSA) is 93.7 Å². The number of carbonyl (C=O) groups is 3. The van der Waals surface area contributed by atoms with E-state index in [4.69, 9.17) is 9.47 Å². The molecule has 0 aliphatic rings. The third-order valence-corrected chi connectivity index (χ3v) is 4.64. The van der Waals surface area contributed by atoms with Gasteiger partial charge in [0.1, 0.15) is 18.2 Å². The molecular formula is C23H27BrN2O5. The molecule has 0 saturated carbocycles. The summed E-state index contributed by atoms with van der Waals surface area (Å²) >= 11 is 3.37. The van der Waals surface area contributed by atoms with Crippen LogP contribution in [-0.4, -0.2) is 29.6 Å². The first kappa shape index (κ1) is 24.4. The highest BCUT2D eigenvalue weighted by molar-refractivity contribution is 9.08. The van der Waals surface area contributed by atoms with Gasteiger partial charge in [0.15, 0.2) is 0 Å². The van der Waals surface area contributed by atoms with E-state index in [0.717, 1.165) is 11.1 Å². The summed E-state index contributed by atoms with van der Waals surface area (Å²) < 4.78 is 10.5. The summed E-state index contributed by atoms with van der Waals surface area (Å²) in [6.45, 7) is 5.21. The van der Waals surface area contributed by atoms with Crippen LogP contribution in [0.15, 0.2) is 54.6 Å². The van der Waals surface area contributed by atoms with Gasteiger partial charge in [0.25, 0.3) is 0 Å². The molecule has 0 radical (unpaired) electrons. The molecule has 0 heterocycles. The van der Waals surface area contributed by atoms with E-state index < -0.39 is 29.6 Å². The number of ether oxygens (including phenoxy) is 2. The molecule has 0 unspecified atom stereocenters. The zero-order valence-electron chi connectivity index (χ0n) is 17.8. The van der Waals surface area contributed by atoms with E-state index in [-0.39, 0.29) is 13.0 Å². The molecule has 0 spiro atoms. The predicted octanol–water partition coefficient (Wildman–Crippen LogP) is 4.55. The number of alkyl halides is 1. The largest absolute Gasteiger partial charge is 0.461 e. The SMILES string of the molecule is CC(C)(C)OC(=O)N[C@@H](CC(=O)OCc1ccccc1)C(=O)Nc1ccc(CBr)cc1. The van der Waals surface area contributed by atoms with Gasteiger partial charge in [0.05, 0.1) is 6.42 Å². The number of carbonyl (C=O) groups excluding carboxylic acids is 3. The lowest BCUT2D eigenvalue weighted by Gasteiger charge is -2.23. The van der Waals surface area contributed by atoms with Crippen molar-refractivity contribution in [3.63, 3.8) is 0 Å². The maximum Gasteiger partial charge on any atom is 0.408 e. The average Bonchev–Trinajstić information content (AvgIpc) is 2.71. The Hall–Kier alpha value is -2.87. The Labute approximate surface area is 190 Å². The van der Waals surface area contributed by atoms with Crippen LogP contribution in [0.3, 0.4) is 0 Å². The Morgan fingerprint density at radius 3 is 2.19 bits per heavy atom. The van der Waals surface area contributed by atoms with E-state index >= 15 is 0 Å². The van der Waals surface area contributed by atoms with Gasteiger partial charge in [-0.15, -0.1) is 0 Å². The first-order valence-electron chi connectivity index (χ1n) is 9.81. The van der Waals surface area contributed by atoms with Gasteiger partial charge in [-0.05, 0) is 44.0 Å². The van der Waals surface area contributed by atoms with Crippen molar-refractivity contribution in [2.75, 3.05) is 5.32 Å². The molecule has 7 nitrogen and oxygen atoms in total. The fourth-order valence-corrected chi connectivity index (χ4v) is 2.90. The minimum absolute atomic E-state index is 0.0778. The summed E-state index contributed by atoms with van der Waals surface area (Å²) in [5.41, 5.74) is 1.67. The monoisotopic (exact) mass is 490 g/mol. The maximum atomic E-state index is 12.8. The number of rotatable bonds is 8. The van der Waals surface area contributed by atoms with E-state index in [2.05, 4.69) is 26.6 Å². The number of hydrogen-bond donors (Lipinski definition) is 2. The van der Waals surface area contributed by atoms with Gasteiger partial charge in [0, 0.05) is 11.0 Å². The zero-order chi connectivity index (χ0) is 22.9. The van der Waals surface area contributed by atoms with Crippen molar-refractivity contribution in [1.29, 1.82) is 0 Å². The van der Waals surface area contributed by atoms with E-state index in [0.29, 0.717) is 11.0 Å². The second kappa shape index (κ2) is 11.5. The van der Waals surface area contributed by atoms with E-state index in [1.54, 1.807) is 32.9 Å². The number of esters is 1. The van der Waals surface area contributed by atoms with Crippen LogP contribution < -0.4 is 10.6 Å². The second-order valence-corrected chi connectivity index (χ2v) is 8.43. The molecule has 0 fully saturated rings. The first-order chi connectivity index (χ1) is 14.7. The molecular weight excluding hydrogens is 464 g/mol. The van der Waals surface area contributed by atoms with Crippen molar-refractivity contribution in [2.24, 2.45) is 0 Å². The van der Waals surface area contributed by atoms with Crippen molar-refractivity contribution in [2.45, 2.75) is 50.8 Å². The Morgan fingerprint density at radius 2 is 1.61 bits per heavy atom. The number of hydrogen-bond acceptors (Lipinski definition) is 5. The number of alkyl carbamates (subject to hydrolysis) is 1. The molecule has 0 aliphatic carbocycles. The highest BCUT2D eigenvalue weighted by atomic mass is 79.9. The van der Waals surface area contributed by atoms with Crippen LogP contribution in [0.4, 0.5) is 10.5 Å². The summed E-state index contributed by atoms with van der Waals surface area (Å²) in [6, 6.07) is 15.2. The number of anilines is 1. The van der Waals surface area contributed by atoms with E-state index in [1.807, 2.05) is 42.5 Å². The van der Waals surface area contributed by atoms with Gasteiger partial charge in [-0.1, -0.05) is 58.4 Å². The van der Waals surface area contributed by atoms with Crippen LogP contribution in [-0.2, 0) is 31.0 Å². The summed E-state index contributed by atoms with van der Waals surface area (Å²) in [4.78, 5) is 37.3. The highest BCUT2D eigenvalue weighted by Gasteiger charge is 2.27. The zero-order valence-corrected chi connectivity index (χ0v) is 19.4. The quantitative estimate of drug-likeness (QED) is 0.418. The molecule has 2 aromatic carbocycles. The fraction of sp³-hybridized carbons (Fsp3) is 0.348. The fourth-order valence-electron chi connectivity index (χ4n) is 2.53. The molecule has 31 heavy (non-hydrogen) atoms. The van der Waals surface area contributed by atoms with Crippen LogP contribution >= 0.6 is 15.9 Å². The van der Waals surface area contributed by atoms with Crippen LogP contribution in [0.25, 0.3) is 0 Å². The molecule has 0 aromatic heterocycles. The molecule has 0 aliphatic heterocycles. The first-order valence-corrected chi connectivity index (χ1v) is 10.9. The predicted molar refractivity (Wildman–Crippen MR) is 122 cm³/mol. The summed E-state index contributed by atoms with van der Waals surface area (Å²) in [5.74, 6) is -1.16. The minimum Gasteiger partial charge on any atom is -0.461 e. The molecule has 2 rings (SSSR count). The Kier molecular flexibility index (Phi) is 9.05. The van der Waals surface area contributed by atoms with Crippen LogP contribution in [0.1, 0.15) is 38.3 Å². The Morgan fingerprint density at radius 1 is 0.968 bits per heavy atom. The van der Waals surface area contributed by atoms with Crippen molar-refractivity contribution in [1.82, 2.24) is 5.32 Å². The summed E-state index contributed by atoms with van der Waals surface area (Å²) in [6.07, 6.45) is -1.13. The molecule has 2 N–H and O–H groups in total. The minimum atomic E-state index is -1.16. The van der Waals surface area contributed by atoms with Crippen LogP contribution in [0.2, 0.25) is 0 Å². The van der Waals surface area contributed by atoms with Crippen LogP contribution in [0.5, 0.6) is 0 Å². The Bertz CT molecular complexity index is 879. The summed E-state index contributed by atoms with van der Waals surface area (Å²) in [7, 11) is 0. The third-order valence-electron chi connectivity index (χ3n) is 4.00. The van der Waals surface area contributed by atoms with Crippen molar-refractivity contribution < 1.29 is 23.9 Å². The van der Waals surface area contributed by atoms with Crippen molar-refractivity contribution >= 4 is 39.6 Å². The molecule has 0 bridgehead atoms. The summed E-state index contributed by atoms with van der Waals surface area (Å²) in [5, 5.41) is 5.86. The van der Waals surface area contributed by atoms with Gasteiger partial charge >= 0.3 is 12.1 Å². The number of benzene rings is 2. The van der Waals surface area contributed by atoms with Crippen molar-refractivity contribution in [3.8, 4) is 0 Å². The lowest BCUT2D eigenvalue weighted by atomic mass is 10.1. The Balaban J connectivity index is 2.03. The molecule has 2 amide bonds. The van der Waals surface area contributed by atoms with Crippen LogP contribution in [0, 0.1) is 0 Å². The van der Waals surface area contributed by atoms with Gasteiger partial charge in [-0.25, -0.2) is 4.79 Å². The van der Waals surface area contributed by atoms with Gasteiger partial charge in [0.2, 0.25) is 5.91 Å². The third kappa shape index (κ3) is 9.21. The second-order valence-electron chi connectivity index (χ2n) is 7.87. The number of nitrogens with one attached hydrogen (secondary N) is 2. The van der Waals surface area contributed by atoms with Crippen molar-refractivity contribution in [3.05, 3.63) is 65.7 Å². The lowest BCUT2D eigenvalue weighted by molar-refractivity contribution is -0.146. The number of halogens is 1. The standard InChI is InChI=1S/C23H27BrN2O5/c1-23(2,3)31-22(29)26-19(13-20(27)30-15-17-7-5-4-6-8-17)21(28)25-18-11-9-16(14-24)10-12-18/h4-12,19H,13-15H2,1-3H3,(H,25,28)(H,26,29)/t19-/m0/s1. The highest BCUT2D eigenvalue weighted by Crippen LogP contribution is 2.14. The molecule has 1 atom stereocenters.